The van der Waals surface area contributed by atoms with Gasteiger partial charge in [-0.2, -0.15) is 11.8 Å². The highest BCUT2D eigenvalue weighted by atomic mass is 35.5. The van der Waals surface area contributed by atoms with Crippen LogP contribution in [0.5, 0.6) is 0 Å². The second kappa shape index (κ2) is 12.9. The maximum Gasteiger partial charge on any atom is 0.242 e. The molecule has 0 fully saturated rings. The van der Waals surface area contributed by atoms with E-state index in [2.05, 4.69) is 17.4 Å². The lowest BCUT2D eigenvalue weighted by Gasteiger charge is -2.29. The van der Waals surface area contributed by atoms with Gasteiger partial charge in [-0.1, -0.05) is 66.5 Å². The molecular formula is C23H28Cl2N2O2S. The second-order valence-corrected chi connectivity index (χ2v) is 8.90. The summed E-state index contributed by atoms with van der Waals surface area (Å²) in [7, 11) is 0. The van der Waals surface area contributed by atoms with Crippen LogP contribution in [0.2, 0.25) is 10.0 Å². The summed E-state index contributed by atoms with van der Waals surface area (Å²) in [5.41, 5.74) is 1.88. The minimum atomic E-state index is -0.615. The van der Waals surface area contributed by atoms with Gasteiger partial charge in [0.15, 0.2) is 0 Å². The zero-order valence-electron chi connectivity index (χ0n) is 17.4. The van der Waals surface area contributed by atoms with Gasteiger partial charge >= 0.3 is 0 Å². The summed E-state index contributed by atoms with van der Waals surface area (Å²) in [6, 6.07) is 14.8. The lowest BCUT2D eigenvalue weighted by Crippen LogP contribution is -2.47. The molecule has 0 aromatic heterocycles. The Balaban J connectivity index is 2.05. The van der Waals surface area contributed by atoms with Gasteiger partial charge in [-0.05, 0) is 31.0 Å². The van der Waals surface area contributed by atoms with Crippen molar-refractivity contribution in [2.75, 3.05) is 12.3 Å². The van der Waals surface area contributed by atoms with Gasteiger partial charge in [-0.15, -0.1) is 0 Å². The average molecular weight is 467 g/mol. The Morgan fingerprint density at radius 1 is 1.07 bits per heavy atom. The molecule has 0 saturated carbocycles. The van der Waals surface area contributed by atoms with Crippen LogP contribution in [-0.2, 0) is 21.9 Å². The Labute approximate surface area is 193 Å². The minimum absolute atomic E-state index is 0.0919. The zero-order chi connectivity index (χ0) is 21.9. The van der Waals surface area contributed by atoms with E-state index in [0.29, 0.717) is 34.3 Å². The Morgan fingerprint density at radius 2 is 1.73 bits per heavy atom. The Bertz CT molecular complexity index is 813. The van der Waals surface area contributed by atoms with Crippen LogP contribution < -0.4 is 5.32 Å². The molecule has 0 spiro atoms. The van der Waals surface area contributed by atoms with E-state index in [1.54, 1.807) is 41.8 Å². The van der Waals surface area contributed by atoms with Crippen molar-refractivity contribution in [1.82, 2.24) is 10.2 Å². The summed E-state index contributed by atoms with van der Waals surface area (Å²) in [6.45, 7) is 4.50. The van der Waals surface area contributed by atoms with Crippen molar-refractivity contribution in [3.05, 3.63) is 69.7 Å². The van der Waals surface area contributed by atoms with E-state index in [4.69, 9.17) is 23.2 Å². The lowest BCUT2D eigenvalue weighted by molar-refractivity contribution is -0.140. The molecule has 0 heterocycles. The van der Waals surface area contributed by atoms with E-state index < -0.39 is 6.04 Å². The Morgan fingerprint density at radius 3 is 2.37 bits per heavy atom. The fourth-order valence-electron chi connectivity index (χ4n) is 2.90. The monoisotopic (exact) mass is 466 g/mol. The van der Waals surface area contributed by atoms with E-state index in [-0.39, 0.29) is 18.4 Å². The zero-order valence-corrected chi connectivity index (χ0v) is 19.7. The van der Waals surface area contributed by atoms with Gasteiger partial charge in [0.2, 0.25) is 11.8 Å². The number of carbonyl (C=O) groups excluding carboxylic acids is 2. The second-order valence-electron chi connectivity index (χ2n) is 6.98. The highest BCUT2D eigenvalue weighted by molar-refractivity contribution is 7.98. The number of nitrogens with zero attached hydrogens (tertiary/aromatic N) is 1. The normalized spacial score (nSPS) is 11.7. The molecule has 0 aliphatic heterocycles. The Hall–Kier alpha value is -1.69. The van der Waals surface area contributed by atoms with Crippen molar-refractivity contribution in [2.24, 2.45) is 0 Å². The number of benzene rings is 2. The molecule has 2 amide bonds. The maximum atomic E-state index is 13.0. The first kappa shape index (κ1) is 24.6. The minimum Gasteiger partial charge on any atom is -0.354 e. The molecule has 0 saturated heterocycles. The molecule has 2 aromatic rings. The van der Waals surface area contributed by atoms with E-state index in [0.717, 1.165) is 12.2 Å². The standard InChI is InChI=1S/C23H28Cl2N2O2S/c1-3-13-26-23(29)17(2)27(15-19-20(24)10-7-11-21(19)25)22(28)12-14-30-16-18-8-5-4-6-9-18/h4-11,17H,3,12-16H2,1-2H3,(H,26,29)/t17-/m0/s1. The number of amides is 2. The van der Waals surface area contributed by atoms with E-state index in [9.17, 15) is 9.59 Å². The number of nitrogens with one attached hydrogen (secondary N) is 1. The van der Waals surface area contributed by atoms with E-state index in [1.165, 1.54) is 5.56 Å². The fraction of sp³-hybridized carbons (Fsp3) is 0.391. The van der Waals surface area contributed by atoms with Gasteiger partial charge in [0.25, 0.3) is 0 Å². The van der Waals surface area contributed by atoms with Crippen LogP contribution in [0.25, 0.3) is 0 Å². The Kier molecular flexibility index (Phi) is 10.6. The number of hydrogen-bond acceptors (Lipinski definition) is 3. The molecule has 0 radical (unpaired) electrons. The number of rotatable bonds is 11. The van der Waals surface area contributed by atoms with Gasteiger partial charge in [0, 0.05) is 46.6 Å². The third-order valence-electron chi connectivity index (χ3n) is 4.68. The molecule has 2 aromatic carbocycles. The quantitative estimate of drug-likeness (QED) is 0.440. The number of carbonyl (C=O) groups is 2. The van der Waals surface area contributed by atoms with Crippen molar-refractivity contribution in [3.8, 4) is 0 Å². The van der Waals surface area contributed by atoms with E-state index in [1.807, 2.05) is 25.1 Å². The molecule has 2 rings (SSSR count). The molecule has 0 aliphatic carbocycles. The molecule has 4 nitrogen and oxygen atoms in total. The molecule has 1 N–H and O–H groups in total. The SMILES string of the molecule is CCCNC(=O)[C@H](C)N(Cc1c(Cl)cccc1Cl)C(=O)CCSCc1ccccc1. The maximum absolute atomic E-state index is 13.0. The van der Waals surface area contributed by atoms with Gasteiger partial charge < -0.3 is 10.2 Å². The first-order chi connectivity index (χ1) is 14.4. The molecule has 162 valence electrons. The highest BCUT2D eigenvalue weighted by Crippen LogP contribution is 2.27. The summed E-state index contributed by atoms with van der Waals surface area (Å²) in [5, 5.41) is 3.84. The topological polar surface area (TPSA) is 49.4 Å². The summed E-state index contributed by atoms with van der Waals surface area (Å²) < 4.78 is 0. The molecule has 0 aliphatic rings. The third-order valence-corrected chi connectivity index (χ3v) is 6.42. The molecule has 0 bridgehead atoms. The van der Waals surface area contributed by atoms with Crippen molar-refractivity contribution in [1.29, 1.82) is 0 Å². The van der Waals surface area contributed by atoms with Crippen LogP contribution in [0.4, 0.5) is 0 Å². The third kappa shape index (κ3) is 7.53. The summed E-state index contributed by atoms with van der Waals surface area (Å²) in [4.78, 5) is 27.2. The van der Waals surface area contributed by atoms with Gasteiger partial charge in [-0.25, -0.2) is 0 Å². The van der Waals surface area contributed by atoms with E-state index >= 15 is 0 Å². The smallest absolute Gasteiger partial charge is 0.242 e. The summed E-state index contributed by atoms with van der Waals surface area (Å²) in [6.07, 6.45) is 1.17. The predicted molar refractivity (Wildman–Crippen MR) is 127 cm³/mol. The summed E-state index contributed by atoms with van der Waals surface area (Å²) >= 11 is 14.3. The van der Waals surface area contributed by atoms with Crippen LogP contribution in [0.15, 0.2) is 48.5 Å². The number of halogens is 2. The van der Waals surface area contributed by atoms with Crippen molar-refractivity contribution < 1.29 is 9.59 Å². The van der Waals surface area contributed by atoms with Crippen LogP contribution in [-0.4, -0.2) is 35.1 Å². The van der Waals surface area contributed by atoms with Crippen molar-refractivity contribution >= 4 is 46.8 Å². The van der Waals surface area contributed by atoms with Crippen molar-refractivity contribution in [3.63, 3.8) is 0 Å². The molecule has 0 unspecified atom stereocenters. The van der Waals surface area contributed by atoms with Crippen molar-refractivity contribution in [2.45, 2.75) is 45.0 Å². The van der Waals surface area contributed by atoms with Gasteiger partial charge in [-0.3, -0.25) is 9.59 Å². The number of hydrogen-bond donors (Lipinski definition) is 1. The largest absolute Gasteiger partial charge is 0.354 e. The average Bonchev–Trinajstić information content (AvgIpc) is 2.75. The highest BCUT2D eigenvalue weighted by Gasteiger charge is 2.27. The number of thioether (sulfide) groups is 1. The first-order valence-electron chi connectivity index (χ1n) is 10.1. The van der Waals surface area contributed by atoms with Crippen LogP contribution >= 0.6 is 35.0 Å². The summed E-state index contributed by atoms with van der Waals surface area (Å²) in [5.74, 6) is 1.25. The molecule has 7 heteroatoms. The van der Waals surface area contributed by atoms with Gasteiger partial charge in [0.1, 0.15) is 6.04 Å². The lowest BCUT2D eigenvalue weighted by atomic mass is 10.1. The van der Waals surface area contributed by atoms with Crippen LogP contribution in [0.3, 0.4) is 0 Å². The van der Waals surface area contributed by atoms with Crippen LogP contribution in [0, 0.1) is 0 Å². The molecule has 30 heavy (non-hydrogen) atoms. The van der Waals surface area contributed by atoms with Gasteiger partial charge in [0.05, 0.1) is 0 Å². The molecule has 1 atom stereocenters. The molecular weight excluding hydrogens is 439 g/mol. The first-order valence-corrected chi connectivity index (χ1v) is 12.0. The van der Waals surface area contributed by atoms with Crippen LogP contribution in [0.1, 0.15) is 37.8 Å². The fourth-order valence-corrected chi connectivity index (χ4v) is 4.31. The predicted octanol–water partition coefficient (Wildman–Crippen LogP) is 5.56.